The molecule has 12 heteroatoms. The van der Waals surface area contributed by atoms with Gasteiger partial charge in [-0.05, 0) is 62.9 Å². The van der Waals surface area contributed by atoms with E-state index in [4.69, 9.17) is 9.16 Å². The van der Waals surface area contributed by atoms with Crippen molar-refractivity contribution < 1.29 is 14.0 Å². The molecule has 0 radical (unpaired) electrons. The van der Waals surface area contributed by atoms with Crippen LogP contribution in [0.1, 0.15) is 61.8 Å². The number of pyridine rings is 1. The summed E-state index contributed by atoms with van der Waals surface area (Å²) in [5.41, 5.74) is 3.34. The molecule has 8 rings (SSSR count). The van der Waals surface area contributed by atoms with E-state index in [0.717, 1.165) is 11.4 Å². The SMILES string of the molecule is CC(C)(C)[Si](OC[C@@H]1COc2c(NC(=O)c3cc(-n4cnc(C5CC5)c4)ccn3)cccc2-c2nnnn21)(c1ccccc1)c1ccccc1. The van der Waals surface area contributed by atoms with Gasteiger partial charge in [0.1, 0.15) is 18.3 Å². The van der Waals surface area contributed by atoms with Crippen LogP contribution >= 0.6 is 0 Å². The van der Waals surface area contributed by atoms with Crippen LogP contribution in [0, 0.1) is 0 Å². The molecule has 3 aromatic carbocycles. The zero-order valence-corrected chi connectivity index (χ0v) is 29.2. The molecule has 1 amide bonds. The van der Waals surface area contributed by atoms with Crippen molar-refractivity contribution in [2.24, 2.45) is 0 Å². The van der Waals surface area contributed by atoms with Gasteiger partial charge in [-0.1, -0.05) is 87.5 Å². The number of imidazole rings is 1. The normalized spacial score (nSPS) is 15.8. The molecule has 4 heterocycles. The minimum atomic E-state index is -2.84. The number of hydrogen-bond donors (Lipinski definition) is 1. The van der Waals surface area contributed by atoms with Gasteiger partial charge in [0.05, 0.1) is 35.6 Å². The largest absolute Gasteiger partial charge is 0.488 e. The van der Waals surface area contributed by atoms with E-state index in [1.165, 1.54) is 23.2 Å². The van der Waals surface area contributed by atoms with Crippen LogP contribution < -0.4 is 20.4 Å². The first-order valence-corrected chi connectivity index (χ1v) is 18.8. The molecule has 50 heavy (non-hydrogen) atoms. The lowest BCUT2D eigenvalue weighted by molar-refractivity contribution is 0.102. The molecule has 0 saturated heterocycles. The number of benzene rings is 3. The van der Waals surface area contributed by atoms with Crippen molar-refractivity contribution in [3.05, 3.63) is 121 Å². The molecule has 252 valence electrons. The van der Waals surface area contributed by atoms with Crippen molar-refractivity contribution in [1.29, 1.82) is 0 Å². The maximum atomic E-state index is 13.6. The van der Waals surface area contributed by atoms with E-state index in [0.29, 0.717) is 35.3 Å². The predicted molar refractivity (Wildman–Crippen MR) is 193 cm³/mol. The summed E-state index contributed by atoms with van der Waals surface area (Å²) in [5.74, 6) is 1.21. The highest BCUT2D eigenvalue weighted by atomic mass is 28.4. The molecule has 1 aliphatic carbocycles. The van der Waals surface area contributed by atoms with E-state index in [1.54, 1.807) is 23.3 Å². The zero-order chi connectivity index (χ0) is 34.3. The molecule has 11 nitrogen and oxygen atoms in total. The van der Waals surface area contributed by atoms with E-state index >= 15 is 0 Å². The summed E-state index contributed by atoms with van der Waals surface area (Å²) >= 11 is 0. The van der Waals surface area contributed by atoms with Gasteiger partial charge in [0, 0.05) is 18.3 Å². The third kappa shape index (κ3) is 5.79. The number of carbonyl (C=O) groups is 1. The molecule has 2 aliphatic rings. The molecular formula is C38H38N8O3Si. The van der Waals surface area contributed by atoms with E-state index in [9.17, 15) is 4.79 Å². The summed E-state index contributed by atoms with van der Waals surface area (Å²) in [6, 6.07) is 29.9. The van der Waals surface area contributed by atoms with Gasteiger partial charge in [-0.15, -0.1) is 5.10 Å². The number of nitrogens with one attached hydrogen (secondary N) is 1. The molecule has 1 N–H and O–H groups in total. The Morgan fingerprint density at radius 3 is 2.40 bits per heavy atom. The van der Waals surface area contributed by atoms with Crippen LogP contribution in [0.2, 0.25) is 5.04 Å². The zero-order valence-electron chi connectivity index (χ0n) is 28.2. The van der Waals surface area contributed by atoms with Crippen LogP contribution in [0.5, 0.6) is 5.75 Å². The lowest BCUT2D eigenvalue weighted by Gasteiger charge is -2.43. The summed E-state index contributed by atoms with van der Waals surface area (Å²) in [7, 11) is -2.84. The maximum absolute atomic E-state index is 13.6. The number of hydrogen-bond acceptors (Lipinski definition) is 8. The minimum Gasteiger partial charge on any atom is -0.488 e. The maximum Gasteiger partial charge on any atom is 0.274 e. The Morgan fingerprint density at radius 1 is 0.960 bits per heavy atom. The first kappa shape index (κ1) is 31.8. The minimum absolute atomic E-state index is 0.201. The number of para-hydroxylation sites is 1. The second-order valence-corrected chi connectivity index (χ2v) is 18.2. The third-order valence-corrected chi connectivity index (χ3v) is 14.5. The van der Waals surface area contributed by atoms with Crippen LogP contribution in [-0.2, 0) is 4.43 Å². The van der Waals surface area contributed by atoms with Crippen molar-refractivity contribution >= 4 is 30.3 Å². The molecule has 0 unspecified atom stereocenters. The van der Waals surface area contributed by atoms with E-state index < -0.39 is 8.32 Å². The molecule has 1 aliphatic heterocycles. The second kappa shape index (κ2) is 12.8. The number of carbonyl (C=O) groups excluding carboxylic acids is 1. The van der Waals surface area contributed by atoms with Crippen molar-refractivity contribution in [3.8, 4) is 22.8 Å². The number of tetrazole rings is 1. The number of ether oxygens (including phenoxy) is 1. The van der Waals surface area contributed by atoms with Crippen LogP contribution in [0.3, 0.4) is 0 Å². The van der Waals surface area contributed by atoms with Crippen LogP contribution in [0.15, 0.2) is 110 Å². The van der Waals surface area contributed by atoms with Gasteiger partial charge in [-0.25, -0.2) is 9.67 Å². The summed E-state index contributed by atoms with van der Waals surface area (Å²) in [6.45, 7) is 7.30. The number of nitrogens with zero attached hydrogens (tertiary/aromatic N) is 7. The van der Waals surface area contributed by atoms with Gasteiger partial charge in [-0.3, -0.25) is 9.78 Å². The Balaban J connectivity index is 1.07. The first-order chi connectivity index (χ1) is 24.3. The highest BCUT2D eigenvalue weighted by Gasteiger charge is 2.50. The molecule has 0 bridgehead atoms. The van der Waals surface area contributed by atoms with Crippen molar-refractivity contribution in [3.63, 3.8) is 0 Å². The monoisotopic (exact) mass is 682 g/mol. The van der Waals surface area contributed by atoms with Gasteiger partial charge >= 0.3 is 0 Å². The van der Waals surface area contributed by atoms with E-state index in [-0.39, 0.29) is 29.3 Å². The van der Waals surface area contributed by atoms with Gasteiger partial charge in [0.25, 0.3) is 14.2 Å². The number of anilines is 1. The fourth-order valence-corrected chi connectivity index (χ4v) is 11.5. The molecule has 1 atom stereocenters. The van der Waals surface area contributed by atoms with Gasteiger partial charge < -0.3 is 19.0 Å². The predicted octanol–water partition coefficient (Wildman–Crippen LogP) is 5.56. The van der Waals surface area contributed by atoms with Gasteiger partial charge in [0.2, 0.25) is 0 Å². The number of amides is 1. The van der Waals surface area contributed by atoms with E-state index in [1.807, 2.05) is 47.2 Å². The lowest BCUT2D eigenvalue weighted by atomic mass is 10.1. The summed E-state index contributed by atoms with van der Waals surface area (Å²) in [4.78, 5) is 22.5. The fourth-order valence-electron chi connectivity index (χ4n) is 6.90. The Bertz CT molecular complexity index is 2100. The number of rotatable bonds is 9. The summed E-state index contributed by atoms with van der Waals surface area (Å²) in [6.07, 6.45) is 7.79. The standard InChI is InChI=1S/C38H38N8O3Si/c1-38(2,3)50(29-11-6-4-7-12-29,30-13-8-5-9-14-30)49-24-28-23-48-35-31(36-42-43-44-46(28)36)15-10-16-32(35)41-37(47)33-21-27(19-20-39-33)45-22-34(40-25-45)26-17-18-26/h4-16,19-22,25-26,28H,17-18,23-24H2,1-3H3,(H,41,47)/t28-/m0/s1. The quantitative estimate of drug-likeness (QED) is 0.197. The van der Waals surface area contributed by atoms with Crippen molar-refractivity contribution in [2.75, 3.05) is 18.5 Å². The smallest absolute Gasteiger partial charge is 0.274 e. The topological polar surface area (TPSA) is 122 Å². The summed E-state index contributed by atoms with van der Waals surface area (Å²) in [5, 5.41) is 18.1. The molecule has 3 aromatic heterocycles. The van der Waals surface area contributed by atoms with Crippen LogP contribution in [0.4, 0.5) is 5.69 Å². The Hall–Kier alpha value is -5.46. The Morgan fingerprint density at radius 2 is 1.70 bits per heavy atom. The highest BCUT2D eigenvalue weighted by molar-refractivity contribution is 6.99. The molecular weight excluding hydrogens is 645 g/mol. The lowest BCUT2D eigenvalue weighted by Crippen LogP contribution is -2.67. The van der Waals surface area contributed by atoms with Crippen LogP contribution in [-0.4, -0.2) is 62.2 Å². The summed E-state index contributed by atoms with van der Waals surface area (Å²) < 4.78 is 17.5. The molecule has 0 spiro atoms. The third-order valence-electron chi connectivity index (χ3n) is 9.54. The average molecular weight is 683 g/mol. The Kier molecular flexibility index (Phi) is 8.12. The Labute approximate surface area is 291 Å². The molecule has 6 aromatic rings. The number of aromatic nitrogens is 7. The van der Waals surface area contributed by atoms with Crippen molar-refractivity contribution in [2.45, 2.75) is 50.6 Å². The van der Waals surface area contributed by atoms with Gasteiger partial charge in [0.15, 0.2) is 11.6 Å². The second-order valence-electron chi connectivity index (χ2n) is 13.9. The number of fused-ring (bicyclic) bond motifs is 3. The molecule has 1 saturated carbocycles. The molecule has 1 fully saturated rings. The highest BCUT2D eigenvalue weighted by Crippen LogP contribution is 2.41. The van der Waals surface area contributed by atoms with Crippen molar-refractivity contribution in [1.82, 2.24) is 34.7 Å². The fraction of sp³-hybridized carbons (Fsp3) is 0.263. The van der Waals surface area contributed by atoms with Crippen LogP contribution in [0.25, 0.3) is 17.1 Å². The van der Waals surface area contributed by atoms with E-state index in [2.05, 4.69) is 100 Å². The average Bonchev–Trinajstić information content (AvgIpc) is 3.70. The van der Waals surface area contributed by atoms with Gasteiger partial charge in [-0.2, -0.15) is 0 Å². The first-order valence-electron chi connectivity index (χ1n) is 16.9.